The van der Waals surface area contributed by atoms with E-state index in [-0.39, 0.29) is 54.2 Å². The van der Waals surface area contributed by atoms with Crippen LogP contribution in [0.25, 0.3) is 10.9 Å². The van der Waals surface area contributed by atoms with Crippen molar-refractivity contribution in [1.82, 2.24) is 14.9 Å². The number of anilines is 1. The first-order valence-corrected chi connectivity index (χ1v) is 10.4. The molecule has 31 heavy (non-hydrogen) atoms. The van der Waals surface area contributed by atoms with Crippen LogP contribution in [0.2, 0.25) is 0 Å². The lowest BCUT2D eigenvalue weighted by Crippen LogP contribution is -2.35. The van der Waals surface area contributed by atoms with Gasteiger partial charge in [-0.05, 0) is 18.6 Å². The topological polar surface area (TPSA) is 115 Å². The van der Waals surface area contributed by atoms with Crippen molar-refractivity contribution in [2.24, 2.45) is 0 Å². The SMILES string of the molecule is O=C(O)CCCC(=O)Nc1nc2c(s1)CN(C(=O)c1cc3c(F)cc(F)cc3[nH]1)CC2. The number of hydrogen-bond acceptors (Lipinski definition) is 5. The van der Waals surface area contributed by atoms with E-state index in [4.69, 9.17) is 5.11 Å². The third-order valence-corrected chi connectivity index (χ3v) is 5.94. The fourth-order valence-corrected chi connectivity index (χ4v) is 4.49. The minimum atomic E-state index is -0.954. The number of thiazole rings is 1. The third-order valence-electron chi connectivity index (χ3n) is 4.94. The lowest BCUT2D eigenvalue weighted by molar-refractivity contribution is -0.137. The van der Waals surface area contributed by atoms with Crippen molar-refractivity contribution in [1.29, 1.82) is 0 Å². The Balaban J connectivity index is 1.43. The molecule has 0 saturated heterocycles. The van der Waals surface area contributed by atoms with Crippen LogP contribution in [0.1, 0.15) is 40.3 Å². The van der Waals surface area contributed by atoms with Gasteiger partial charge in [-0.15, -0.1) is 0 Å². The molecule has 1 aromatic carbocycles. The Morgan fingerprint density at radius 2 is 2.03 bits per heavy atom. The highest BCUT2D eigenvalue weighted by atomic mass is 32.1. The first-order chi connectivity index (χ1) is 14.8. The van der Waals surface area contributed by atoms with Gasteiger partial charge in [-0.2, -0.15) is 0 Å². The van der Waals surface area contributed by atoms with Gasteiger partial charge in [-0.25, -0.2) is 13.8 Å². The summed E-state index contributed by atoms with van der Waals surface area (Å²) in [4.78, 5) is 44.9. The number of benzene rings is 1. The molecule has 0 bridgehead atoms. The number of carboxylic acid groups (broad SMARTS) is 1. The molecule has 0 fully saturated rings. The van der Waals surface area contributed by atoms with E-state index in [1.165, 1.54) is 17.4 Å². The van der Waals surface area contributed by atoms with E-state index in [1.807, 2.05) is 0 Å². The molecule has 0 unspecified atom stereocenters. The predicted octanol–water partition coefficient (Wildman–Crippen LogP) is 3.29. The van der Waals surface area contributed by atoms with Gasteiger partial charge in [-0.3, -0.25) is 14.4 Å². The number of aromatic nitrogens is 2. The summed E-state index contributed by atoms with van der Waals surface area (Å²) in [6, 6.07) is 3.28. The zero-order chi connectivity index (χ0) is 22.1. The number of aliphatic carboxylic acids is 1. The maximum absolute atomic E-state index is 13.9. The number of H-pyrrole nitrogens is 1. The number of carbonyl (C=O) groups is 3. The van der Waals surface area contributed by atoms with Gasteiger partial charge in [-0.1, -0.05) is 11.3 Å². The minimum absolute atomic E-state index is 0.0802. The van der Waals surface area contributed by atoms with E-state index in [2.05, 4.69) is 15.3 Å². The Bertz CT molecular complexity index is 1190. The first-order valence-electron chi connectivity index (χ1n) is 9.57. The molecule has 0 radical (unpaired) electrons. The lowest BCUT2D eigenvalue weighted by Gasteiger charge is -2.25. The number of carbonyl (C=O) groups excluding carboxylic acids is 2. The molecular formula is C20H18F2N4O4S. The number of rotatable bonds is 6. The molecule has 0 atom stereocenters. The van der Waals surface area contributed by atoms with E-state index in [1.54, 1.807) is 4.90 Å². The zero-order valence-electron chi connectivity index (χ0n) is 16.2. The predicted molar refractivity (Wildman–Crippen MR) is 109 cm³/mol. The molecule has 0 spiro atoms. The Morgan fingerprint density at radius 3 is 2.81 bits per heavy atom. The van der Waals surface area contributed by atoms with Crippen LogP contribution in [0.15, 0.2) is 18.2 Å². The summed E-state index contributed by atoms with van der Waals surface area (Å²) in [5.74, 6) is -3.07. The number of amides is 2. The Morgan fingerprint density at radius 1 is 1.23 bits per heavy atom. The van der Waals surface area contributed by atoms with Crippen LogP contribution >= 0.6 is 11.3 Å². The van der Waals surface area contributed by atoms with Crippen molar-refractivity contribution in [3.05, 3.63) is 46.1 Å². The maximum Gasteiger partial charge on any atom is 0.303 e. The number of aromatic amines is 1. The third kappa shape index (κ3) is 4.55. The van der Waals surface area contributed by atoms with Crippen molar-refractivity contribution >= 4 is 45.2 Å². The van der Waals surface area contributed by atoms with E-state index in [0.29, 0.717) is 18.1 Å². The summed E-state index contributed by atoms with van der Waals surface area (Å²) in [5, 5.41) is 11.9. The second-order valence-electron chi connectivity index (χ2n) is 7.19. The van der Waals surface area contributed by atoms with Gasteiger partial charge in [0.25, 0.3) is 5.91 Å². The van der Waals surface area contributed by atoms with Gasteiger partial charge in [0.15, 0.2) is 5.13 Å². The number of fused-ring (bicyclic) bond motifs is 2. The molecule has 0 aliphatic carbocycles. The number of hydrogen-bond donors (Lipinski definition) is 3. The largest absolute Gasteiger partial charge is 0.481 e. The van der Waals surface area contributed by atoms with Crippen molar-refractivity contribution in [3.8, 4) is 0 Å². The van der Waals surface area contributed by atoms with Gasteiger partial charge in [0.2, 0.25) is 5.91 Å². The van der Waals surface area contributed by atoms with Gasteiger partial charge in [0, 0.05) is 42.1 Å². The summed E-state index contributed by atoms with van der Waals surface area (Å²) in [5.41, 5.74) is 1.17. The number of carboxylic acids is 1. The van der Waals surface area contributed by atoms with Crippen molar-refractivity contribution < 1.29 is 28.3 Å². The highest BCUT2D eigenvalue weighted by Crippen LogP contribution is 2.30. The molecule has 11 heteroatoms. The molecule has 3 aromatic rings. The van der Waals surface area contributed by atoms with Gasteiger partial charge < -0.3 is 20.3 Å². The molecule has 1 aliphatic rings. The molecule has 3 N–H and O–H groups in total. The molecule has 3 heterocycles. The molecule has 4 rings (SSSR count). The van der Waals surface area contributed by atoms with Crippen LogP contribution in [0, 0.1) is 11.6 Å². The maximum atomic E-state index is 13.9. The summed E-state index contributed by atoms with van der Waals surface area (Å²) >= 11 is 1.26. The van der Waals surface area contributed by atoms with Crippen LogP contribution < -0.4 is 5.32 Å². The number of halogens is 2. The van der Waals surface area contributed by atoms with Gasteiger partial charge >= 0.3 is 5.97 Å². The quantitative estimate of drug-likeness (QED) is 0.535. The highest BCUT2D eigenvalue weighted by molar-refractivity contribution is 7.15. The second-order valence-corrected chi connectivity index (χ2v) is 8.28. The van der Waals surface area contributed by atoms with Gasteiger partial charge in [0.05, 0.1) is 17.8 Å². The summed E-state index contributed by atoms with van der Waals surface area (Å²) in [6.07, 6.45) is 0.737. The smallest absolute Gasteiger partial charge is 0.303 e. The standard InChI is InChI=1S/C20H18F2N4O4S/c21-10-6-12(22)11-8-15(23-14(11)7-10)19(30)26-5-4-13-16(9-26)31-20(24-13)25-17(27)2-1-3-18(28)29/h6-8,23H,1-5,9H2,(H,28,29)(H,24,25,27). The molecule has 2 amide bonds. The highest BCUT2D eigenvalue weighted by Gasteiger charge is 2.26. The van der Waals surface area contributed by atoms with Crippen molar-refractivity contribution in [2.75, 3.05) is 11.9 Å². The number of nitrogens with zero attached hydrogens (tertiary/aromatic N) is 2. The van der Waals surface area contributed by atoms with Crippen LogP contribution in [0.4, 0.5) is 13.9 Å². The Hall–Kier alpha value is -3.34. The summed E-state index contributed by atoms with van der Waals surface area (Å²) < 4.78 is 27.3. The molecule has 1 aliphatic heterocycles. The minimum Gasteiger partial charge on any atom is -0.481 e. The van der Waals surface area contributed by atoms with Crippen LogP contribution in [-0.2, 0) is 22.6 Å². The fraction of sp³-hybridized carbons (Fsp3) is 0.300. The normalized spacial score (nSPS) is 13.3. The van der Waals surface area contributed by atoms with E-state index < -0.39 is 17.6 Å². The van der Waals surface area contributed by atoms with Crippen molar-refractivity contribution in [3.63, 3.8) is 0 Å². The average Bonchev–Trinajstić information content (AvgIpc) is 3.30. The van der Waals surface area contributed by atoms with Crippen LogP contribution in [-0.4, -0.2) is 44.3 Å². The molecule has 162 valence electrons. The van der Waals surface area contributed by atoms with Crippen molar-refractivity contribution in [2.45, 2.75) is 32.2 Å². The molecular weight excluding hydrogens is 430 g/mol. The number of nitrogens with one attached hydrogen (secondary N) is 2. The molecule has 8 nitrogen and oxygen atoms in total. The van der Waals surface area contributed by atoms with Crippen LogP contribution in [0.5, 0.6) is 0 Å². The van der Waals surface area contributed by atoms with E-state index in [9.17, 15) is 23.2 Å². The van der Waals surface area contributed by atoms with E-state index >= 15 is 0 Å². The zero-order valence-corrected chi connectivity index (χ0v) is 17.0. The second kappa shape index (κ2) is 8.42. The molecule has 0 saturated carbocycles. The summed E-state index contributed by atoms with van der Waals surface area (Å²) in [6.45, 7) is 0.681. The first kappa shape index (κ1) is 20.9. The molecule has 2 aromatic heterocycles. The summed E-state index contributed by atoms with van der Waals surface area (Å²) in [7, 11) is 0. The van der Waals surface area contributed by atoms with Gasteiger partial charge in [0.1, 0.15) is 17.3 Å². The van der Waals surface area contributed by atoms with E-state index in [0.717, 1.165) is 22.7 Å². The Labute approximate surface area is 178 Å². The average molecular weight is 448 g/mol. The monoisotopic (exact) mass is 448 g/mol. The van der Waals surface area contributed by atoms with Crippen LogP contribution in [0.3, 0.4) is 0 Å². The Kier molecular flexibility index (Phi) is 5.68. The lowest BCUT2D eigenvalue weighted by atomic mass is 10.1. The fourth-order valence-electron chi connectivity index (χ4n) is 3.45.